The average Bonchev–Trinajstić information content (AvgIpc) is 3.04. The van der Waals surface area contributed by atoms with Gasteiger partial charge in [-0.2, -0.15) is 0 Å². The van der Waals surface area contributed by atoms with Crippen molar-refractivity contribution in [2.75, 3.05) is 13.2 Å². The molecule has 2 aliphatic heterocycles. The Morgan fingerprint density at radius 1 is 1.22 bits per heavy atom. The summed E-state index contributed by atoms with van der Waals surface area (Å²) < 4.78 is 16.0. The van der Waals surface area contributed by atoms with E-state index in [1.165, 1.54) is 0 Å². The summed E-state index contributed by atoms with van der Waals surface area (Å²) in [6.07, 6.45) is -0.294. The molecule has 5 nitrogen and oxygen atoms in total. The number of hydrogen-bond acceptors (Lipinski definition) is 6. The third-order valence-corrected chi connectivity index (χ3v) is 5.72. The predicted octanol–water partition coefficient (Wildman–Crippen LogP) is 3.37. The Morgan fingerprint density at radius 2 is 2.07 bits per heavy atom. The molecule has 6 heteroatoms. The molecule has 1 fully saturated rings. The van der Waals surface area contributed by atoms with Crippen molar-refractivity contribution in [3.8, 4) is 0 Å². The Bertz CT molecular complexity index is 879. The Kier molecular flexibility index (Phi) is 5.29. The molecule has 0 aromatic heterocycles. The maximum atomic E-state index is 12.8. The van der Waals surface area contributed by atoms with Crippen molar-refractivity contribution >= 4 is 23.5 Å². The fraction of sp³-hybridized carbons (Fsp3) is 0.333. The fourth-order valence-corrected chi connectivity index (χ4v) is 4.35. The number of ether oxygens (including phenoxy) is 3. The van der Waals surface area contributed by atoms with E-state index in [2.05, 4.69) is 0 Å². The maximum absolute atomic E-state index is 12.8. The second kappa shape index (κ2) is 7.84. The zero-order valence-corrected chi connectivity index (χ0v) is 15.8. The molecule has 2 aromatic carbocycles. The van der Waals surface area contributed by atoms with Crippen molar-refractivity contribution in [2.45, 2.75) is 36.4 Å². The largest absolute Gasteiger partial charge is 0.463 e. The molecular formula is C21H20O5S. The first-order valence-corrected chi connectivity index (χ1v) is 9.90. The first kappa shape index (κ1) is 18.2. The van der Waals surface area contributed by atoms with E-state index in [-0.39, 0.29) is 37.2 Å². The van der Waals surface area contributed by atoms with Gasteiger partial charge in [0, 0.05) is 21.8 Å². The molecule has 0 amide bonds. The van der Waals surface area contributed by atoms with Gasteiger partial charge in [-0.25, -0.2) is 0 Å². The number of ketones is 1. The summed E-state index contributed by atoms with van der Waals surface area (Å²) >= 11 is 1.62. The van der Waals surface area contributed by atoms with Crippen molar-refractivity contribution in [3.05, 3.63) is 64.7 Å². The molecule has 2 aliphatic rings. The zero-order valence-electron chi connectivity index (χ0n) is 15.0. The van der Waals surface area contributed by atoms with Crippen LogP contribution in [0.15, 0.2) is 47.4 Å². The topological polar surface area (TPSA) is 61.8 Å². The Morgan fingerprint density at radius 3 is 2.89 bits per heavy atom. The summed E-state index contributed by atoms with van der Waals surface area (Å²) in [5.41, 5.74) is 3.32. The summed E-state index contributed by atoms with van der Waals surface area (Å²) in [5.74, 6) is 0.457. The van der Waals surface area contributed by atoms with Gasteiger partial charge in [0.15, 0.2) is 12.1 Å². The van der Waals surface area contributed by atoms with Crippen LogP contribution in [-0.4, -0.2) is 37.4 Å². The molecule has 0 saturated carbocycles. The molecule has 1 saturated heterocycles. The number of rotatable bonds is 4. The molecule has 2 unspecified atom stereocenters. The summed E-state index contributed by atoms with van der Waals surface area (Å²) in [6.45, 7) is 2.44. The number of thioether (sulfide) groups is 1. The Labute approximate surface area is 162 Å². The number of carbonyl (C=O) groups excluding carboxylic acids is 2. The summed E-state index contributed by atoms with van der Waals surface area (Å²) in [7, 11) is 0. The second-order valence-electron chi connectivity index (χ2n) is 6.62. The van der Waals surface area contributed by atoms with Crippen LogP contribution in [0.3, 0.4) is 0 Å². The van der Waals surface area contributed by atoms with Crippen molar-refractivity contribution in [1.29, 1.82) is 0 Å². The van der Waals surface area contributed by atoms with E-state index in [4.69, 9.17) is 14.2 Å². The molecule has 0 spiro atoms. The molecule has 2 aromatic rings. The van der Waals surface area contributed by atoms with Gasteiger partial charge >= 0.3 is 5.97 Å². The minimum atomic E-state index is -0.314. The van der Waals surface area contributed by atoms with E-state index in [9.17, 15) is 9.59 Å². The Hall–Kier alpha value is -2.15. The molecule has 0 radical (unpaired) electrons. The molecule has 0 N–H and O–H groups in total. The van der Waals surface area contributed by atoms with E-state index in [0.717, 1.165) is 27.3 Å². The highest BCUT2D eigenvalue weighted by Crippen LogP contribution is 2.34. The first-order chi connectivity index (χ1) is 13.1. The summed E-state index contributed by atoms with van der Waals surface area (Å²) in [4.78, 5) is 25.8. The van der Waals surface area contributed by atoms with Gasteiger partial charge in [0.05, 0.1) is 13.0 Å². The smallest absolute Gasteiger partial charge is 0.310 e. The van der Waals surface area contributed by atoms with Crippen LogP contribution in [0, 0.1) is 0 Å². The van der Waals surface area contributed by atoms with E-state index in [1.807, 2.05) is 49.4 Å². The third kappa shape index (κ3) is 4.08. The van der Waals surface area contributed by atoms with Gasteiger partial charge < -0.3 is 14.2 Å². The van der Waals surface area contributed by atoms with Gasteiger partial charge in [0.2, 0.25) is 0 Å². The molecule has 0 bridgehead atoms. The average molecular weight is 384 g/mol. The molecule has 27 heavy (non-hydrogen) atoms. The number of fused-ring (bicyclic) bond motifs is 2. The minimum Gasteiger partial charge on any atom is -0.463 e. The minimum absolute atomic E-state index is 0.0345. The standard InChI is InChI=1S/C21H20O5S/c1-13-24-10-16(26-13)11-25-20(22)9-14-6-7-18-19(8-14)27-12-15-4-2-3-5-17(15)21(18)23/h2-8,13,16H,9-12H2,1H3. The van der Waals surface area contributed by atoms with E-state index in [1.54, 1.807) is 11.8 Å². The van der Waals surface area contributed by atoms with Crippen LogP contribution in [-0.2, 0) is 31.2 Å². The third-order valence-electron chi connectivity index (χ3n) is 4.62. The van der Waals surface area contributed by atoms with Crippen LogP contribution in [0.5, 0.6) is 0 Å². The van der Waals surface area contributed by atoms with Crippen LogP contribution in [0.2, 0.25) is 0 Å². The fourth-order valence-electron chi connectivity index (χ4n) is 3.24. The van der Waals surface area contributed by atoms with Gasteiger partial charge in [0.25, 0.3) is 0 Å². The molecular weight excluding hydrogens is 364 g/mol. The molecule has 0 aliphatic carbocycles. The van der Waals surface area contributed by atoms with E-state index >= 15 is 0 Å². The first-order valence-electron chi connectivity index (χ1n) is 8.91. The van der Waals surface area contributed by atoms with Gasteiger partial charge in [-0.1, -0.05) is 30.3 Å². The number of benzene rings is 2. The quantitative estimate of drug-likeness (QED) is 0.753. The highest BCUT2D eigenvalue weighted by molar-refractivity contribution is 7.98. The van der Waals surface area contributed by atoms with Crippen molar-refractivity contribution in [3.63, 3.8) is 0 Å². The van der Waals surface area contributed by atoms with Crippen LogP contribution >= 0.6 is 11.8 Å². The zero-order chi connectivity index (χ0) is 18.8. The van der Waals surface area contributed by atoms with Gasteiger partial charge in [-0.15, -0.1) is 11.8 Å². The number of esters is 1. The lowest BCUT2D eigenvalue weighted by molar-refractivity contribution is -0.146. The lowest BCUT2D eigenvalue weighted by atomic mass is 9.98. The highest BCUT2D eigenvalue weighted by atomic mass is 32.2. The molecule has 2 heterocycles. The molecule has 140 valence electrons. The maximum Gasteiger partial charge on any atom is 0.310 e. The van der Waals surface area contributed by atoms with Crippen LogP contribution < -0.4 is 0 Å². The SMILES string of the molecule is CC1OCC(COC(=O)Cc2ccc3c(c2)SCc2ccccc2C3=O)O1. The molecule has 4 rings (SSSR count). The Balaban J connectivity index is 1.43. The predicted molar refractivity (Wildman–Crippen MR) is 101 cm³/mol. The van der Waals surface area contributed by atoms with Crippen LogP contribution in [0.4, 0.5) is 0 Å². The van der Waals surface area contributed by atoms with Gasteiger partial charge in [-0.05, 0) is 30.2 Å². The van der Waals surface area contributed by atoms with E-state index < -0.39 is 0 Å². The molecule has 2 atom stereocenters. The normalized spacial score (nSPS) is 21.3. The van der Waals surface area contributed by atoms with Crippen LogP contribution in [0.1, 0.15) is 34.0 Å². The number of carbonyl (C=O) groups is 2. The van der Waals surface area contributed by atoms with Crippen molar-refractivity contribution in [2.24, 2.45) is 0 Å². The highest BCUT2D eigenvalue weighted by Gasteiger charge is 2.24. The number of hydrogen-bond donors (Lipinski definition) is 0. The van der Waals surface area contributed by atoms with Gasteiger partial charge in [-0.3, -0.25) is 9.59 Å². The second-order valence-corrected chi connectivity index (χ2v) is 7.64. The van der Waals surface area contributed by atoms with Gasteiger partial charge in [0.1, 0.15) is 12.7 Å². The van der Waals surface area contributed by atoms with Crippen molar-refractivity contribution in [1.82, 2.24) is 0 Å². The summed E-state index contributed by atoms with van der Waals surface area (Å²) in [5, 5.41) is 0. The monoisotopic (exact) mass is 384 g/mol. The van der Waals surface area contributed by atoms with E-state index in [0.29, 0.717) is 12.2 Å². The van der Waals surface area contributed by atoms with Crippen LogP contribution in [0.25, 0.3) is 0 Å². The lowest BCUT2D eigenvalue weighted by Crippen LogP contribution is -2.22. The summed E-state index contributed by atoms with van der Waals surface area (Å²) in [6, 6.07) is 13.2. The van der Waals surface area contributed by atoms with Crippen molar-refractivity contribution < 1.29 is 23.8 Å². The lowest BCUT2D eigenvalue weighted by Gasteiger charge is -2.11.